The minimum Gasteiger partial charge on any atom is -0.352 e. The van der Waals surface area contributed by atoms with Crippen LogP contribution in [0.5, 0.6) is 0 Å². The van der Waals surface area contributed by atoms with Crippen molar-refractivity contribution in [2.45, 2.75) is 19.9 Å². The number of anilines is 1. The van der Waals surface area contributed by atoms with Crippen molar-refractivity contribution in [1.82, 2.24) is 14.9 Å². The van der Waals surface area contributed by atoms with E-state index in [-0.39, 0.29) is 0 Å². The van der Waals surface area contributed by atoms with E-state index in [4.69, 9.17) is 0 Å². The lowest BCUT2D eigenvalue weighted by Crippen LogP contribution is -2.36. The summed E-state index contributed by atoms with van der Waals surface area (Å²) in [5.74, 6) is 1.44. The molecule has 2 N–H and O–H groups in total. The van der Waals surface area contributed by atoms with E-state index in [1.54, 1.807) is 6.20 Å². The highest BCUT2D eigenvalue weighted by atomic mass is 15.2. The molecule has 0 saturated carbocycles. The van der Waals surface area contributed by atoms with Gasteiger partial charge in [-0.1, -0.05) is 13.8 Å². The SMILES string of the molecule is CC(C)C(CN(C)C)Nc1ncc[nH]1. The van der Waals surface area contributed by atoms with E-state index in [0.29, 0.717) is 12.0 Å². The van der Waals surface area contributed by atoms with Gasteiger partial charge in [0.2, 0.25) is 0 Å². The normalized spacial score (nSPS) is 13.6. The van der Waals surface area contributed by atoms with Gasteiger partial charge in [-0.15, -0.1) is 0 Å². The molecule has 0 spiro atoms. The first kappa shape index (κ1) is 11.0. The molecule has 0 aliphatic rings. The van der Waals surface area contributed by atoms with Gasteiger partial charge in [-0.2, -0.15) is 0 Å². The maximum absolute atomic E-state index is 4.16. The number of nitrogens with one attached hydrogen (secondary N) is 2. The predicted octanol–water partition coefficient (Wildman–Crippen LogP) is 1.41. The predicted molar refractivity (Wildman–Crippen MR) is 59.4 cm³/mol. The minimum atomic E-state index is 0.427. The van der Waals surface area contributed by atoms with Gasteiger partial charge in [-0.3, -0.25) is 0 Å². The van der Waals surface area contributed by atoms with Crippen LogP contribution < -0.4 is 5.32 Å². The van der Waals surface area contributed by atoms with Crippen molar-refractivity contribution in [3.8, 4) is 0 Å². The third-order valence-corrected chi connectivity index (χ3v) is 2.19. The summed E-state index contributed by atoms with van der Waals surface area (Å²) in [4.78, 5) is 9.40. The maximum Gasteiger partial charge on any atom is 0.200 e. The molecule has 0 aromatic carbocycles. The molecule has 4 heteroatoms. The molecule has 1 rings (SSSR count). The highest BCUT2D eigenvalue weighted by Crippen LogP contribution is 2.08. The fourth-order valence-electron chi connectivity index (χ4n) is 1.34. The molecular weight excluding hydrogens is 176 g/mol. The fourth-order valence-corrected chi connectivity index (χ4v) is 1.34. The van der Waals surface area contributed by atoms with Gasteiger partial charge in [0, 0.05) is 25.0 Å². The highest BCUT2D eigenvalue weighted by Gasteiger charge is 2.14. The fraction of sp³-hybridized carbons (Fsp3) is 0.700. The lowest BCUT2D eigenvalue weighted by Gasteiger charge is -2.25. The Morgan fingerprint density at radius 2 is 2.21 bits per heavy atom. The lowest BCUT2D eigenvalue weighted by atomic mass is 10.0. The Balaban J connectivity index is 2.51. The van der Waals surface area contributed by atoms with Crippen molar-refractivity contribution >= 4 is 5.95 Å². The van der Waals surface area contributed by atoms with Gasteiger partial charge in [-0.25, -0.2) is 4.98 Å². The standard InChI is InChI=1S/C10H20N4/c1-8(2)9(7-14(3)4)13-10-11-5-6-12-10/h5-6,8-9H,7H2,1-4H3,(H2,11,12,13). The van der Waals surface area contributed by atoms with E-state index >= 15 is 0 Å². The van der Waals surface area contributed by atoms with Gasteiger partial charge in [-0.05, 0) is 20.0 Å². The topological polar surface area (TPSA) is 44.0 Å². The van der Waals surface area contributed by atoms with Gasteiger partial charge in [0.05, 0.1) is 0 Å². The Hall–Kier alpha value is -1.03. The van der Waals surface area contributed by atoms with Crippen LogP contribution in [0, 0.1) is 5.92 Å². The molecular formula is C10H20N4. The molecule has 1 aromatic rings. The van der Waals surface area contributed by atoms with Crippen LogP contribution in [0.2, 0.25) is 0 Å². The molecule has 1 unspecified atom stereocenters. The van der Waals surface area contributed by atoms with Gasteiger partial charge in [0.25, 0.3) is 0 Å². The summed E-state index contributed by atoms with van der Waals surface area (Å²) in [6.07, 6.45) is 3.59. The summed E-state index contributed by atoms with van der Waals surface area (Å²) in [6.45, 7) is 5.44. The first-order chi connectivity index (χ1) is 6.59. The Bertz CT molecular complexity index is 241. The van der Waals surface area contributed by atoms with E-state index in [0.717, 1.165) is 12.5 Å². The van der Waals surface area contributed by atoms with Crippen molar-refractivity contribution in [3.05, 3.63) is 12.4 Å². The molecule has 14 heavy (non-hydrogen) atoms. The second-order valence-corrected chi connectivity index (χ2v) is 4.19. The third kappa shape index (κ3) is 3.38. The first-order valence-electron chi connectivity index (χ1n) is 5.00. The molecule has 0 radical (unpaired) electrons. The monoisotopic (exact) mass is 196 g/mol. The molecule has 1 aromatic heterocycles. The molecule has 1 heterocycles. The van der Waals surface area contributed by atoms with E-state index in [1.807, 2.05) is 6.20 Å². The molecule has 1 atom stereocenters. The molecule has 4 nitrogen and oxygen atoms in total. The molecule has 0 saturated heterocycles. The van der Waals surface area contributed by atoms with Crippen LogP contribution in [0.25, 0.3) is 0 Å². The Morgan fingerprint density at radius 1 is 1.50 bits per heavy atom. The van der Waals surface area contributed by atoms with Crippen LogP contribution in [-0.2, 0) is 0 Å². The summed E-state index contributed by atoms with van der Waals surface area (Å²) in [5, 5.41) is 3.38. The zero-order valence-electron chi connectivity index (χ0n) is 9.41. The number of hydrogen-bond donors (Lipinski definition) is 2. The zero-order chi connectivity index (χ0) is 10.6. The van der Waals surface area contributed by atoms with Crippen LogP contribution in [0.3, 0.4) is 0 Å². The summed E-state index contributed by atoms with van der Waals surface area (Å²) >= 11 is 0. The van der Waals surface area contributed by atoms with Gasteiger partial charge < -0.3 is 15.2 Å². The molecule has 0 amide bonds. The quantitative estimate of drug-likeness (QED) is 0.748. The summed E-state index contributed by atoms with van der Waals surface area (Å²) < 4.78 is 0. The number of rotatable bonds is 5. The average Bonchev–Trinajstić information content (AvgIpc) is 2.54. The lowest BCUT2D eigenvalue weighted by molar-refractivity contribution is 0.344. The summed E-state index contributed by atoms with van der Waals surface area (Å²) in [7, 11) is 4.17. The van der Waals surface area contributed by atoms with Crippen molar-refractivity contribution in [1.29, 1.82) is 0 Å². The zero-order valence-corrected chi connectivity index (χ0v) is 9.41. The maximum atomic E-state index is 4.16. The number of H-pyrrole nitrogens is 1. The van der Waals surface area contributed by atoms with Crippen molar-refractivity contribution in [2.75, 3.05) is 26.0 Å². The molecule has 0 aliphatic heterocycles. The minimum absolute atomic E-state index is 0.427. The van der Waals surface area contributed by atoms with Crippen molar-refractivity contribution in [3.63, 3.8) is 0 Å². The van der Waals surface area contributed by atoms with E-state index < -0.39 is 0 Å². The smallest absolute Gasteiger partial charge is 0.200 e. The second kappa shape index (κ2) is 5.00. The van der Waals surface area contributed by atoms with Gasteiger partial charge in [0.15, 0.2) is 5.95 Å². The molecule has 80 valence electrons. The van der Waals surface area contributed by atoms with Crippen LogP contribution >= 0.6 is 0 Å². The van der Waals surface area contributed by atoms with Gasteiger partial charge >= 0.3 is 0 Å². The van der Waals surface area contributed by atoms with Crippen LogP contribution in [0.4, 0.5) is 5.95 Å². The number of aromatic amines is 1. The Kier molecular flexibility index (Phi) is 3.95. The van der Waals surface area contributed by atoms with Crippen LogP contribution in [-0.4, -0.2) is 41.5 Å². The second-order valence-electron chi connectivity index (χ2n) is 4.19. The number of imidazole rings is 1. The largest absolute Gasteiger partial charge is 0.352 e. The van der Waals surface area contributed by atoms with Gasteiger partial charge in [0.1, 0.15) is 0 Å². The third-order valence-electron chi connectivity index (χ3n) is 2.19. The first-order valence-corrected chi connectivity index (χ1v) is 5.00. The number of nitrogens with zero attached hydrogens (tertiary/aromatic N) is 2. The van der Waals surface area contributed by atoms with E-state index in [2.05, 4.69) is 48.1 Å². The average molecular weight is 196 g/mol. The van der Waals surface area contributed by atoms with Crippen molar-refractivity contribution < 1.29 is 0 Å². The molecule has 0 bridgehead atoms. The van der Waals surface area contributed by atoms with E-state index in [9.17, 15) is 0 Å². The highest BCUT2D eigenvalue weighted by molar-refractivity contribution is 5.25. The summed E-state index contributed by atoms with van der Waals surface area (Å²) in [6, 6.07) is 0.427. The van der Waals surface area contributed by atoms with Crippen LogP contribution in [0.1, 0.15) is 13.8 Å². The number of hydrogen-bond acceptors (Lipinski definition) is 3. The summed E-state index contributed by atoms with van der Waals surface area (Å²) in [5.41, 5.74) is 0. The Morgan fingerprint density at radius 3 is 2.64 bits per heavy atom. The number of aromatic nitrogens is 2. The molecule has 0 aliphatic carbocycles. The van der Waals surface area contributed by atoms with Crippen molar-refractivity contribution in [2.24, 2.45) is 5.92 Å². The molecule has 0 fully saturated rings. The van der Waals surface area contributed by atoms with E-state index in [1.165, 1.54) is 0 Å². The number of likely N-dealkylation sites (N-methyl/N-ethyl adjacent to an activating group) is 1. The Labute approximate surface area is 85.7 Å². The van der Waals surface area contributed by atoms with Crippen LogP contribution in [0.15, 0.2) is 12.4 Å².